The summed E-state index contributed by atoms with van der Waals surface area (Å²) in [7, 11) is 1.47. The fraction of sp³-hybridized carbons (Fsp3) is 0.455. The van der Waals surface area contributed by atoms with Gasteiger partial charge in [-0.3, -0.25) is 0 Å². The van der Waals surface area contributed by atoms with Gasteiger partial charge >= 0.3 is 0 Å². The third-order valence-electron chi connectivity index (χ3n) is 5.22. The Morgan fingerprint density at radius 2 is 1.90 bits per heavy atom. The lowest BCUT2D eigenvalue weighted by atomic mass is 9.89. The second-order valence-electron chi connectivity index (χ2n) is 7.12. The maximum atomic E-state index is 10.3. The lowest BCUT2D eigenvalue weighted by Crippen LogP contribution is -2.55. The van der Waals surface area contributed by atoms with Crippen molar-refractivity contribution in [2.45, 2.75) is 43.9 Å². The van der Waals surface area contributed by atoms with E-state index in [4.69, 9.17) is 25.8 Å². The lowest BCUT2D eigenvalue weighted by Gasteiger charge is -2.44. The van der Waals surface area contributed by atoms with E-state index in [0.717, 1.165) is 16.9 Å². The molecule has 2 aromatic carbocycles. The molecule has 158 valence electrons. The number of aliphatic hydroxyl groups is 3. The van der Waals surface area contributed by atoms with Gasteiger partial charge in [0.05, 0.1) is 19.3 Å². The first kappa shape index (κ1) is 22.0. The first-order valence-electron chi connectivity index (χ1n) is 9.63. The fourth-order valence-corrected chi connectivity index (χ4v) is 3.81. The molecule has 6 nitrogen and oxygen atoms in total. The quantitative estimate of drug-likeness (QED) is 0.635. The number of ether oxygens (including phenoxy) is 3. The van der Waals surface area contributed by atoms with Crippen molar-refractivity contribution < 1.29 is 29.5 Å². The Morgan fingerprint density at radius 3 is 2.52 bits per heavy atom. The van der Waals surface area contributed by atoms with E-state index in [-0.39, 0.29) is 6.42 Å². The summed E-state index contributed by atoms with van der Waals surface area (Å²) in [6.07, 6.45) is -2.60. The van der Waals surface area contributed by atoms with E-state index in [9.17, 15) is 15.3 Å². The van der Waals surface area contributed by atoms with E-state index < -0.39 is 30.7 Å². The second-order valence-corrected chi connectivity index (χ2v) is 7.53. The Kier molecular flexibility index (Phi) is 7.16. The van der Waals surface area contributed by atoms with E-state index in [0.29, 0.717) is 23.6 Å². The van der Waals surface area contributed by atoms with Crippen LogP contribution in [0.1, 0.15) is 30.0 Å². The molecule has 4 atom stereocenters. The molecule has 0 aliphatic carbocycles. The standard InChI is InChI=1S/C22H27ClO6/c1-3-28-17-7-4-14(5-8-17)10-15-11-16(6-9-18(15)23)22(27-2)12-19(25)21(26)20(13-24)29-22/h4-9,11,19-21,24-26H,3,10,12-13H2,1-2H3/t19?,20?,21-,22+/m0/s1. The van der Waals surface area contributed by atoms with Crippen molar-refractivity contribution in [1.29, 1.82) is 0 Å². The van der Waals surface area contributed by atoms with E-state index in [1.807, 2.05) is 37.3 Å². The van der Waals surface area contributed by atoms with Crippen LogP contribution >= 0.6 is 11.6 Å². The van der Waals surface area contributed by atoms with Crippen LogP contribution in [0.2, 0.25) is 5.02 Å². The van der Waals surface area contributed by atoms with Crippen molar-refractivity contribution in [1.82, 2.24) is 0 Å². The van der Waals surface area contributed by atoms with Gasteiger partial charge in [0, 0.05) is 24.1 Å². The maximum absolute atomic E-state index is 10.3. The summed E-state index contributed by atoms with van der Waals surface area (Å²) in [5.41, 5.74) is 2.59. The summed E-state index contributed by atoms with van der Waals surface area (Å²) in [5.74, 6) is -0.475. The summed E-state index contributed by atoms with van der Waals surface area (Å²) in [5, 5.41) is 30.4. The fourth-order valence-electron chi connectivity index (χ4n) is 3.62. The van der Waals surface area contributed by atoms with Gasteiger partial charge in [-0.1, -0.05) is 29.8 Å². The van der Waals surface area contributed by atoms with Crippen LogP contribution < -0.4 is 4.74 Å². The van der Waals surface area contributed by atoms with Crippen LogP contribution in [0.15, 0.2) is 42.5 Å². The third kappa shape index (κ3) is 4.74. The van der Waals surface area contributed by atoms with Gasteiger partial charge in [0.15, 0.2) is 5.79 Å². The molecule has 1 aliphatic rings. The van der Waals surface area contributed by atoms with E-state index in [1.165, 1.54) is 7.11 Å². The molecule has 7 heteroatoms. The number of halogens is 1. The zero-order chi connectivity index (χ0) is 21.0. The summed E-state index contributed by atoms with van der Waals surface area (Å²) >= 11 is 6.43. The molecule has 0 aromatic heterocycles. The summed E-state index contributed by atoms with van der Waals surface area (Å²) in [4.78, 5) is 0. The van der Waals surface area contributed by atoms with Gasteiger partial charge in [-0.15, -0.1) is 0 Å². The molecule has 0 radical (unpaired) electrons. The molecule has 1 heterocycles. The highest BCUT2D eigenvalue weighted by Gasteiger charge is 2.47. The van der Waals surface area contributed by atoms with Crippen molar-refractivity contribution in [3.63, 3.8) is 0 Å². The minimum Gasteiger partial charge on any atom is -0.494 e. The monoisotopic (exact) mass is 422 g/mol. The highest BCUT2D eigenvalue weighted by molar-refractivity contribution is 6.31. The SMILES string of the molecule is CCOc1ccc(Cc2cc([C@@]3(OC)CC(O)[C@H](O)C(CO)O3)ccc2Cl)cc1. The summed E-state index contributed by atoms with van der Waals surface area (Å²) in [6, 6.07) is 13.2. The van der Waals surface area contributed by atoms with Crippen LogP contribution in [0.4, 0.5) is 0 Å². The van der Waals surface area contributed by atoms with Crippen LogP contribution in [0.3, 0.4) is 0 Å². The van der Waals surface area contributed by atoms with E-state index in [2.05, 4.69) is 0 Å². The summed E-state index contributed by atoms with van der Waals surface area (Å²) < 4.78 is 17.0. The van der Waals surface area contributed by atoms with Crippen molar-refractivity contribution in [3.8, 4) is 5.75 Å². The van der Waals surface area contributed by atoms with Gasteiger partial charge in [-0.25, -0.2) is 0 Å². The van der Waals surface area contributed by atoms with Crippen LogP contribution in [0, 0.1) is 0 Å². The molecule has 0 bridgehead atoms. The van der Waals surface area contributed by atoms with Gasteiger partial charge in [-0.2, -0.15) is 0 Å². The number of aliphatic hydroxyl groups excluding tert-OH is 3. The van der Waals surface area contributed by atoms with Gasteiger partial charge < -0.3 is 29.5 Å². The predicted octanol–water partition coefficient (Wildman–Crippen LogP) is 2.63. The molecule has 29 heavy (non-hydrogen) atoms. The molecular weight excluding hydrogens is 396 g/mol. The number of rotatable bonds is 7. The maximum Gasteiger partial charge on any atom is 0.197 e. The number of benzene rings is 2. The first-order chi connectivity index (χ1) is 13.9. The Balaban J connectivity index is 1.89. The smallest absolute Gasteiger partial charge is 0.197 e. The van der Waals surface area contributed by atoms with Gasteiger partial charge in [0.1, 0.15) is 18.0 Å². The van der Waals surface area contributed by atoms with Crippen LogP contribution in [0.5, 0.6) is 5.75 Å². The molecule has 0 saturated carbocycles. The molecule has 1 fully saturated rings. The average Bonchev–Trinajstić information content (AvgIpc) is 2.73. The molecule has 1 aliphatic heterocycles. The van der Waals surface area contributed by atoms with Crippen LogP contribution in [0.25, 0.3) is 0 Å². The molecule has 2 aromatic rings. The molecule has 2 unspecified atom stereocenters. The predicted molar refractivity (Wildman–Crippen MR) is 109 cm³/mol. The van der Waals surface area contributed by atoms with Crippen LogP contribution in [-0.2, 0) is 21.7 Å². The van der Waals surface area contributed by atoms with Crippen molar-refractivity contribution >= 4 is 11.6 Å². The topological polar surface area (TPSA) is 88.4 Å². The van der Waals surface area contributed by atoms with Crippen molar-refractivity contribution in [2.24, 2.45) is 0 Å². The largest absolute Gasteiger partial charge is 0.494 e. The highest BCUT2D eigenvalue weighted by Crippen LogP contribution is 2.40. The van der Waals surface area contributed by atoms with Crippen molar-refractivity contribution in [3.05, 3.63) is 64.2 Å². The lowest BCUT2D eigenvalue weighted by molar-refractivity contribution is -0.323. The Bertz CT molecular complexity index is 811. The van der Waals surface area contributed by atoms with Gasteiger partial charge in [0.25, 0.3) is 0 Å². The highest BCUT2D eigenvalue weighted by atomic mass is 35.5. The molecular formula is C22H27ClO6. The molecule has 1 saturated heterocycles. The van der Waals surface area contributed by atoms with Crippen molar-refractivity contribution in [2.75, 3.05) is 20.3 Å². The Hall–Kier alpha value is -1.67. The third-order valence-corrected chi connectivity index (χ3v) is 5.59. The van der Waals surface area contributed by atoms with Gasteiger partial charge in [0.2, 0.25) is 0 Å². The zero-order valence-electron chi connectivity index (χ0n) is 16.5. The van der Waals surface area contributed by atoms with Gasteiger partial charge in [-0.05, 0) is 48.7 Å². The molecule has 3 rings (SSSR count). The molecule has 0 amide bonds. The number of hydrogen-bond donors (Lipinski definition) is 3. The zero-order valence-corrected chi connectivity index (χ0v) is 17.3. The minimum absolute atomic E-state index is 0.0330. The van der Waals surface area contributed by atoms with Crippen LogP contribution in [-0.4, -0.2) is 54.0 Å². The second kappa shape index (κ2) is 9.43. The van der Waals surface area contributed by atoms with E-state index >= 15 is 0 Å². The van der Waals surface area contributed by atoms with E-state index in [1.54, 1.807) is 12.1 Å². The minimum atomic E-state index is -1.29. The normalized spacial score (nSPS) is 27.0. The molecule has 0 spiro atoms. The number of methoxy groups -OCH3 is 1. The molecule has 3 N–H and O–H groups in total. The Labute approximate surface area is 175 Å². The number of hydrogen-bond acceptors (Lipinski definition) is 6. The average molecular weight is 423 g/mol. The first-order valence-corrected chi connectivity index (χ1v) is 10.0. The Morgan fingerprint density at radius 1 is 1.17 bits per heavy atom. The summed E-state index contributed by atoms with van der Waals surface area (Å²) in [6.45, 7) is 2.12.